The van der Waals surface area contributed by atoms with Crippen LogP contribution in [-0.4, -0.2) is 26.6 Å². The second kappa shape index (κ2) is 8.00. The number of aromatic nitrogens is 1. The molecule has 0 aliphatic heterocycles. The Kier molecular flexibility index (Phi) is 6.01. The molecule has 0 aliphatic carbocycles. The molecule has 9 heteroatoms. The normalized spacial score (nSPS) is 11.5. The molecule has 0 spiro atoms. The molecule has 1 heterocycles. The number of halogens is 3. The Morgan fingerprint density at radius 1 is 1.16 bits per heavy atom. The summed E-state index contributed by atoms with van der Waals surface area (Å²) in [5.41, 5.74) is -0.817. The van der Waals surface area contributed by atoms with Gasteiger partial charge >= 0.3 is 6.18 Å². The lowest BCUT2D eigenvalue weighted by Crippen LogP contribution is -2.24. The zero-order valence-electron chi connectivity index (χ0n) is 12.7. The number of benzene rings is 1. The molecule has 0 atom stereocenters. The van der Waals surface area contributed by atoms with Crippen LogP contribution in [0.25, 0.3) is 0 Å². The van der Waals surface area contributed by atoms with Crippen molar-refractivity contribution < 1.29 is 26.3 Å². The highest BCUT2D eigenvalue weighted by Gasteiger charge is 2.30. The van der Waals surface area contributed by atoms with E-state index in [1.165, 1.54) is 36.7 Å². The Morgan fingerprint density at radius 2 is 1.96 bits per heavy atom. The van der Waals surface area contributed by atoms with Crippen LogP contribution in [0.1, 0.15) is 5.56 Å². The minimum absolute atomic E-state index is 0.0111. The fourth-order valence-corrected chi connectivity index (χ4v) is 2.60. The number of nitrogens with zero attached hydrogens (tertiary/aromatic N) is 1. The topological polar surface area (TPSA) is 68.3 Å². The Labute approximate surface area is 142 Å². The van der Waals surface area contributed by atoms with E-state index < -0.39 is 21.8 Å². The predicted octanol–water partition coefficient (Wildman–Crippen LogP) is 2.46. The summed E-state index contributed by atoms with van der Waals surface area (Å²) in [6, 6.07) is 7.29. The van der Waals surface area contributed by atoms with E-state index in [1.54, 1.807) is 0 Å². The molecular weight excluding hydrogens is 357 g/mol. The third-order valence-corrected chi connectivity index (χ3v) is 4.28. The maximum Gasteiger partial charge on any atom is 0.416 e. The van der Waals surface area contributed by atoms with E-state index in [-0.39, 0.29) is 23.8 Å². The first kappa shape index (κ1) is 18.8. The van der Waals surface area contributed by atoms with E-state index in [0.717, 1.165) is 12.1 Å². The van der Waals surface area contributed by atoms with E-state index in [2.05, 4.69) is 21.5 Å². The first-order valence-corrected chi connectivity index (χ1v) is 8.43. The maximum absolute atomic E-state index is 12.6. The van der Waals surface area contributed by atoms with E-state index in [4.69, 9.17) is 4.74 Å². The van der Waals surface area contributed by atoms with Crippen molar-refractivity contribution in [3.63, 3.8) is 0 Å². The lowest BCUT2D eigenvalue weighted by molar-refractivity contribution is -0.137. The summed E-state index contributed by atoms with van der Waals surface area (Å²) in [5.74, 6) is 5.07. The van der Waals surface area contributed by atoms with Crippen molar-refractivity contribution in [3.8, 4) is 17.6 Å². The van der Waals surface area contributed by atoms with Gasteiger partial charge in [-0.05, 0) is 30.3 Å². The minimum atomic E-state index is -4.45. The number of nitrogens with one attached hydrogen (secondary N) is 1. The van der Waals surface area contributed by atoms with Crippen LogP contribution in [-0.2, 0) is 16.2 Å². The molecule has 0 bridgehead atoms. The van der Waals surface area contributed by atoms with Gasteiger partial charge < -0.3 is 4.74 Å². The van der Waals surface area contributed by atoms with Crippen LogP contribution >= 0.6 is 0 Å². The predicted molar refractivity (Wildman–Crippen MR) is 84.1 cm³/mol. The molecule has 0 unspecified atom stereocenters. The summed E-state index contributed by atoms with van der Waals surface area (Å²) in [6.45, 7) is -0.334. The summed E-state index contributed by atoms with van der Waals surface area (Å²) in [7, 11) is -3.70. The Morgan fingerprint density at radius 3 is 2.64 bits per heavy atom. The molecule has 0 radical (unpaired) electrons. The molecule has 0 saturated heterocycles. The molecule has 0 saturated carbocycles. The first-order valence-electron chi connectivity index (χ1n) is 6.94. The molecule has 5 nitrogen and oxygen atoms in total. The fraction of sp³-hybridized carbons (Fsp3) is 0.188. The van der Waals surface area contributed by atoms with Gasteiger partial charge in [0.15, 0.2) is 0 Å². The van der Waals surface area contributed by atoms with Crippen LogP contribution in [0.3, 0.4) is 0 Å². The van der Waals surface area contributed by atoms with E-state index in [9.17, 15) is 21.6 Å². The SMILES string of the molecule is O=S(=O)(NCC#CCOc1cccc(C(F)(F)F)c1)c1cccnc1. The molecule has 0 aliphatic rings. The van der Waals surface area contributed by atoms with Crippen LogP contribution < -0.4 is 9.46 Å². The second-order valence-electron chi connectivity index (χ2n) is 4.68. The van der Waals surface area contributed by atoms with Gasteiger partial charge in [0, 0.05) is 12.4 Å². The van der Waals surface area contributed by atoms with Crippen LogP contribution in [0, 0.1) is 11.8 Å². The van der Waals surface area contributed by atoms with Crippen LogP contribution in [0.15, 0.2) is 53.7 Å². The largest absolute Gasteiger partial charge is 0.481 e. The van der Waals surface area contributed by atoms with Crippen molar-refractivity contribution in [1.82, 2.24) is 9.71 Å². The standard InChI is InChI=1S/C16H13F3N2O3S/c17-16(18,19)13-5-3-6-14(11-13)24-10-2-1-9-21-25(22,23)15-7-4-8-20-12-15/h3-8,11-12,21H,9-10H2. The van der Waals surface area contributed by atoms with Crippen molar-refractivity contribution >= 4 is 10.0 Å². The van der Waals surface area contributed by atoms with Crippen molar-refractivity contribution in [2.75, 3.05) is 13.2 Å². The minimum Gasteiger partial charge on any atom is -0.481 e. The number of ether oxygens (including phenoxy) is 1. The zero-order chi connectivity index (χ0) is 18.3. The molecule has 1 aromatic carbocycles. The van der Waals surface area contributed by atoms with Gasteiger partial charge in [-0.15, -0.1) is 0 Å². The van der Waals surface area contributed by atoms with Gasteiger partial charge in [0.25, 0.3) is 0 Å². The summed E-state index contributed by atoms with van der Waals surface area (Å²) in [6.07, 6.45) is -1.80. The summed E-state index contributed by atoms with van der Waals surface area (Å²) in [5, 5.41) is 0. The molecular formula is C16H13F3N2O3S. The molecule has 0 fully saturated rings. The molecule has 2 rings (SSSR count). The number of hydrogen-bond donors (Lipinski definition) is 1. The maximum atomic E-state index is 12.6. The molecule has 25 heavy (non-hydrogen) atoms. The van der Waals surface area contributed by atoms with Gasteiger partial charge in [-0.25, -0.2) is 8.42 Å². The van der Waals surface area contributed by atoms with Crippen LogP contribution in [0.4, 0.5) is 13.2 Å². The molecule has 132 valence electrons. The number of alkyl halides is 3. The van der Waals surface area contributed by atoms with Crippen molar-refractivity contribution in [2.45, 2.75) is 11.1 Å². The van der Waals surface area contributed by atoms with Gasteiger partial charge in [0.1, 0.15) is 17.3 Å². The van der Waals surface area contributed by atoms with Crippen molar-refractivity contribution in [3.05, 3.63) is 54.4 Å². The third-order valence-electron chi connectivity index (χ3n) is 2.89. The van der Waals surface area contributed by atoms with Crippen LogP contribution in [0.5, 0.6) is 5.75 Å². The van der Waals surface area contributed by atoms with Gasteiger partial charge in [-0.3, -0.25) is 4.98 Å². The zero-order valence-corrected chi connectivity index (χ0v) is 13.6. The summed E-state index contributed by atoms with van der Waals surface area (Å²) < 4.78 is 68.7. The Balaban J connectivity index is 1.84. The average Bonchev–Trinajstić information content (AvgIpc) is 2.58. The summed E-state index contributed by atoms with van der Waals surface area (Å²) >= 11 is 0. The number of rotatable bonds is 5. The van der Waals surface area contributed by atoms with Gasteiger partial charge in [-0.2, -0.15) is 17.9 Å². The van der Waals surface area contributed by atoms with Crippen LogP contribution in [0.2, 0.25) is 0 Å². The highest BCUT2D eigenvalue weighted by Crippen LogP contribution is 2.31. The average molecular weight is 370 g/mol. The van der Waals surface area contributed by atoms with Crippen molar-refractivity contribution in [2.24, 2.45) is 0 Å². The second-order valence-corrected chi connectivity index (χ2v) is 6.45. The third kappa shape index (κ3) is 5.77. The Bertz CT molecular complexity index is 873. The van der Waals surface area contributed by atoms with E-state index in [1.807, 2.05) is 0 Å². The van der Waals surface area contributed by atoms with Gasteiger partial charge in [-0.1, -0.05) is 17.9 Å². The lowest BCUT2D eigenvalue weighted by atomic mass is 10.2. The monoisotopic (exact) mass is 370 g/mol. The number of pyridine rings is 1. The number of hydrogen-bond acceptors (Lipinski definition) is 4. The lowest BCUT2D eigenvalue weighted by Gasteiger charge is -2.08. The molecule has 1 N–H and O–H groups in total. The Hall–Kier alpha value is -2.57. The first-order chi connectivity index (χ1) is 11.8. The van der Waals surface area contributed by atoms with E-state index >= 15 is 0 Å². The molecule has 1 aromatic heterocycles. The van der Waals surface area contributed by atoms with Gasteiger partial charge in [0.05, 0.1) is 12.1 Å². The molecule has 2 aromatic rings. The highest BCUT2D eigenvalue weighted by molar-refractivity contribution is 7.89. The molecule has 0 amide bonds. The van der Waals surface area contributed by atoms with Crippen molar-refractivity contribution in [1.29, 1.82) is 0 Å². The fourth-order valence-electron chi connectivity index (χ4n) is 1.72. The number of sulfonamides is 1. The van der Waals surface area contributed by atoms with E-state index in [0.29, 0.717) is 0 Å². The highest BCUT2D eigenvalue weighted by atomic mass is 32.2. The van der Waals surface area contributed by atoms with Gasteiger partial charge in [0.2, 0.25) is 10.0 Å². The quantitative estimate of drug-likeness (QED) is 0.821. The smallest absolute Gasteiger partial charge is 0.416 e. The summed E-state index contributed by atoms with van der Waals surface area (Å²) in [4.78, 5) is 3.72.